The minimum absolute atomic E-state index is 0.0365. The van der Waals surface area contributed by atoms with Crippen LogP contribution in [0.5, 0.6) is 0 Å². The van der Waals surface area contributed by atoms with E-state index in [0.29, 0.717) is 5.56 Å². The third-order valence-corrected chi connectivity index (χ3v) is 8.94. The van der Waals surface area contributed by atoms with Gasteiger partial charge in [0.15, 0.2) is 11.9 Å². The summed E-state index contributed by atoms with van der Waals surface area (Å²) >= 11 is 0. The van der Waals surface area contributed by atoms with Gasteiger partial charge in [0, 0.05) is 13.3 Å². The fourth-order valence-corrected chi connectivity index (χ4v) is 7.35. The van der Waals surface area contributed by atoms with Crippen LogP contribution in [0.4, 0.5) is 0 Å². The van der Waals surface area contributed by atoms with Crippen molar-refractivity contribution in [2.45, 2.75) is 76.7 Å². The average molecular weight is 551 g/mol. The quantitative estimate of drug-likeness (QED) is 0.440. The number of Topliss-reactive ketones (excluding diaryl/α,β-unsaturated/α-hetero) is 1. The van der Waals surface area contributed by atoms with Crippen LogP contribution < -0.4 is 0 Å². The molecule has 212 valence electrons. The van der Waals surface area contributed by atoms with Crippen LogP contribution in [0.15, 0.2) is 60.7 Å². The summed E-state index contributed by atoms with van der Waals surface area (Å²) in [4.78, 5) is 52.6. The maximum absolute atomic E-state index is 13.5. The largest absolute Gasteiger partial charge is 0.455 e. The van der Waals surface area contributed by atoms with Crippen molar-refractivity contribution >= 4 is 23.7 Å². The summed E-state index contributed by atoms with van der Waals surface area (Å²) in [7, 11) is 0. The number of hydrogen-bond acceptors (Lipinski definition) is 9. The van der Waals surface area contributed by atoms with Gasteiger partial charge >= 0.3 is 17.9 Å². The predicted octanol–water partition coefficient (Wildman–Crippen LogP) is 3.52. The molecule has 1 unspecified atom stereocenters. The van der Waals surface area contributed by atoms with Gasteiger partial charge in [-0.25, -0.2) is 9.59 Å². The Bertz CT molecular complexity index is 1320. The number of carbonyl (C=O) groups excluding carboxylic acids is 4. The first-order chi connectivity index (χ1) is 18.8. The second-order valence-electron chi connectivity index (χ2n) is 11.7. The Balaban J connectivity index is 1.68. The minimum atomic E-state index is -1.62. The molecule has 2 aromatic rings. The summed E-state index contributed by atoms with van der Waals surface area (Å²) in [6.45, 7) is 8.13. The molecule has 0 radical (unpaired) electrons. The van der Waals surface area contributed by atoms with Gasteiger partial charge in [0.1, 0.15) is 23.9 Å². The van der Waals surface area contributed by atoms with Crippen molar-refractivity contribution in [2.24, 2.45) is 17.3 Å². The van der Waals surface area contributed by atoms with Gasteiger partial charge in [-0.15, -0.1) is 0 Å². The van der Waals surface area contributed by atoms with E-state index in [9.17, 15) is 24.3 Å². The maximum atomic E-state index is 13.5. The molecule has 2 bridgehead atoms. The first kappa shape index (κ1) is 28.0. The number of hydrogen-bond donors (Lipinski definition) is 1. The molecule has 2 aromatic carbocycles. The van der Waals surface area contributed by atoms with Gasteiger partial charge in [-0.05, 0) is 51.0 Å². The molecule has 3 fully saturated rings. The van der Waals surface area contributed by atoms with Gasteiger partial charge in [-0.1, -0.05) is 43.3 Å². The Hall–Kier alpha value is -3.56. The lowest BCUT2D eigenvalue weighted by molar-refractivity contribution is -0.285. The van der Waals surface area contributed by atoms with Crippen molar-refractivity contribution < 1.29 is 43.2 Å². The summed E-state index contributed by atoms with van der Waals surface area (Å²) < 4.78 is 24.6. The summed E-state index contributed by atoms with van der Waals surface area (Å²) in [6, 6.07) is 16.7. The number of rotatable bonds is 5. The normalized spacial score (nSPS) is 35.8. The second kappa shape index (κ2) is 9.82. The molecule has 9 heteroatoms. The SMILES string of the molecule is CC(=O)O[C@@H]1C(=O)C[C@@H](C)C23OC(C)(C)[C@H]([C@H](O)[C@H](OC(=O)c4ccccc4)[C@]12C)[C@H]3OC(=O)c1ccccc1. The van der Waals surface area contributed by atoms with Crippen LogP contribution in [0.1, 0.15) is 61.8 Å². The Labute approximate surface area is 232 Å². The number of ketones is 1. The van der Waals surface area contributed by atoms with Crippen molar-refractivity contribution in [2.75, 3.05) is 0 Å². The van der Waals surface area contributed by atoms with Gasteiger partial charge in [-0.3, -0.25) is 9.59 Å². The Morgan fingerprint density at radius 1 is 0.850 bits per heavy atom. The van der Waals surface area contributed by atoms with Gasteiger partial charge < -0.3 is 24.1 Å². The first-order valence-electron chi connectivity index (χ1n) is 13.4. The molecule has 2 saturated carbocycles. The molecule has 1 heterocycles. The third-order valence-electron chi connectivity index (χ3n) is 8.94. The van der Waals surface area contributed by atoms with Crippen LogP contribution in [0.3, 0.4) is 0 Å². The monoisotopic (exact) mass is 550 g/mol. The van der Waals surface area contributed by atoms with E-state index in [-0.39, 0.29) is 12.0 Å². The number of fused-ring (bicyclic) bond motifs is 1. The van der Waals surface area contributed by atoms with E-state index in [1.54, 1.807) is 88.4 Å². The molecule has 1 aliphatic heterocycles. The van der Waals surface area contributed by atoms with Crippen molar-refractivity contribution in [1.29, 1.82) is 0 Å². The molecule has 1 saturated heterocycles. The highest BCUT2D eigenvalue weighted by molar-refractivity contribution is 5.91. The number of carbonyl (C=O) groups is 4. The number of aliphatic hydroxyl groups excluding tert-OH is 1. The molecule has 0 amide bonds. The van der Waals surface area contributed by atoms with Crippen molar-refractivity contribution in [1.82, 2.24) is 0 Å². The molecule has 5 rings (SSSR count). The van der Waals surface area contributed by atoms with E-state index in [1.165, 1.54) is 6.92 Å². The Morgan fingerprint density at radius 2 is 1.35 bits per heavy atom. The molecule has 1 spiro atoms. The molecule has 8 atom stereocenters. The zero-order valence-corrected chi connectivity index (χ0v) is 23.2. The topological polar surface area (TPSA) is 125 Å². The Morgan fingerprint density at radius 3 is 1.85 bits per heavy atom. The third kappa shape index (κ3) is 4.06. The van der Waals surface area contributed by atoms with Gasteiger partial charge in [0.25, 0.3) is 0 Å². The van der Waals surface area contributed by atoms with Gasteiger partial charge in [0.05, 0.1) is 28.1 Å². The van der Waals surface area contributed by atoms with Crippen molar-refractivity contribution in [3.8, 4) is 0 Å². The second-order valence-corrected chi connectivity index (χ2v) is 11.7. The highest BCUT2D eigenvalue weighted by Crippen LogP contribution is 2.67. The number of benzene rings is 2. The lowest BCUT2D eigenvalue weighted by Crippen LogP contribution is -2.78. The van der Waals surface area contributed by atoms with Crippen LogP contribution in [-0.2, 0) is 28.5 Å². The fourth-order valence-electron chi connectivity index (χ4n) is 7.35. The van der Waals surface area contributed by atoms with Crippen LogP contribution >= 0.6 is 0 Å². The molecule has 9 nitrogen and oxygen atoms in total. The summed E-state index contributed by atoms with van der Waals surface area (Å²) in [5, 5.41) is 12.0. The molecule has 3 aliphatic rings. The highest BCUT2D eigenvalue weighted by Gasteiger charge is 2.82. The van der Waals surface area contributed by atoms with Crippen molar-refractivity contribution in [3.63, 3.8) is 0 Å². The van der Waals surface area contributed by atoms with Crippen LogP contribution in [0.25, 0.3) is 0 Å². The van der Waals surface area contributed by atoms with E-state index in [2.05, 4.69) is 0 Å². The van der Waals surface area contributed by atoms with Crippen LogP contribution in [0.2, 0.25) is 0 Å². The zero-order valence-electron chi connectivity index (χ0n) is 23.2. The lowest BCUT2D eigenvalue weighted by Gasteiger charge is -2.61. The summed E-state index contributed by atoms with van der Waals surface area (Å²) in [5.74, 6) is -3.85. The number of aliphatic hydroxyl groups is 1. The van der Waals surface area contributed by atoms with E-state index in [4.69, 9.17) is 18.9 Å². The van der Waals surface area contributed by atoms with E-state index in [1.807, 2.05) is 0 Å². The summed E-state index contributed by atoms with van der Waals surface area (Å²) in [6.07, 6.45) is -5.30. The molecule has 0 aromatic heterocycles. The molecular weight excluding hydrogens is 516 g/mol. The summed E-state index contributed by atoms with van der Waals surface area (Å²) in [5.41, 5.74) is -3.60. The standard InChI is InChI=1S/C31H34O9/c1-17-16-21(33)24(37-18(2)32)30(5)26(39-28(36)20-14-10-7-11-15-20)23(34)22-25(31(17,30)40-29(22,3)4)38-27(35)19-12-8-6-9-13-19/h6-15,17,22-26,34H,16H2,1-5H3/t17-,22-,23+,24-,25-,26+,30+,31?/m1/s1. The maximum Gasteiger partial charge on any atom is 0.338 e. The molecule has 2 aliphatic carbocycles. The smallest absolute Gasteiger partial charge is 0.338 e. The lowest BCUT2D eigenvalue weighted by atomic mass is 9.48. The minimum Gasteiger partial charge on any atom is -0.455 e. The molecule has 40 heavy (non-hydrogen) atoms. The molecule has 1 N–H and O–H groups in total. The average Bonchev–Trinajstić information content (AvgIpc) is 3.13. The number of ether oxygens (including phenoxy) is 4. The Kier molecular flexibility index (Phi) is 6.87. The van der Waals surface area contributed by atoms with Gasteiger partial charge in [-0.2, -0.15) is 0 Å². The first-order valence-corrected chi connectivity index (χ1v) is 13.4. The van der Waals surface area contributed by atoms with Crippen LogP contribution in [-0.4, -0.2) is 64.4 Å². The van der Waals surface area contributed by atoms with E-state index >= 15 is 0 Å². The predicted molar refractivity (Wildman–Crippen MR) is 141 cm³/mol. The van der Waals surface area contributed by atoms with Crippen molar-refractivity contribution in [3.05, 3.63) is 71.8 Å². The molecular formula is C31H34O9. The van der Waals surface area contributed by atoms with Gasteiger partial charge in [0.2, 0.25) is 0 Å². The van der Waals surface area contributed by atoms with E-state index in [0.717, 1.165) is 0 Å². The zero-order chi connectivity index (χ0) is 29.0. The highest BCUT2D eigenvalue weighted by atomic mass is 16.6. The van der Waals surface area contributed by atoms with E-state index < -0.39 is 76.6 Å². The fraction of sp³-hybridized carbons (Fsp3) is 0.484. The van der Waals surface area contributed by atoms with Crippen LogP contribution in [0, 0.1) is 17.3 Å². The number of esters is 3.